The molecule has 0 saturated heterocycles. The summed E-state index contributed by atoms with van der Waals surface area (Å²) < 4.78 is 14.6. The van der Waals surface area contributed by atoms with E-state index in [-0.39, 0.29) is 11.9 Å². The number of aryl methyl sites for hydroxylation is 1. The van der Waals surface area contributed by atoms with Crippen LogP contribution >= 0.6 is 0 Å². The number of halogens is 1. The molecule has 1 aliphatic carbocycles. The largest absolute Gasteiger partial charge is 0.399 e. The summed E-state index contributed by atoms with van der Waals surface area (Å²) in [6.07, 6.45) is 8.05. The lowest BCUT2D eigenvalue weighted by molar-refractivity contribution is 0.411. The highest BCUT2D eigenvalue weighted by Gasteiger charge is 2.26. The van der Waals surface area contributed by atoms with Crippen LogP contribution in [0, 0.1) is 18.7 Å². The molecule has 152 valence electrons. The second-order valence-electron chi connectivity index (χ2n) is 7.95. The number of benzene rings is 1. The van der Waals surface area contributed by atoms with E-state index in [1.807, 2.05) is 33.8 Å². The smallest absolute Gasteiger partial charge is 0.132 e. The third kappa shape index (κ3) is 5.12. The zero-order chi connectivity index (χ0) is 20.8. The Bertz CT molecular complexity index is 809. The fraction of sp³-hybridized carbons (Fsp3) is 0.458. The molecule has 2 rings (SSSR count). The van der Waals surface area contributed by atoms with E-state index in [9.17, 15) is 4.39 Å². The maximum Gasteiger partial charge on any atom is 0.132 e. The van der Waals surface area contributed by atoms with Gasteiger partial charge in [-0.25, -0.2) is 4.39 Å². The second-order valence-corrected chi connectivity index (χ2v) is 7.95. The van der Waals surface area contributed by atoms with Crippen molar-refractivity contribution in [3.05, 3.63) is 64.6 Å². The lowest BCUT2D eigenvalue weighted by atomic mass is 9.79. The first-order valence-electron chi connectivity index (χ1n) is 10.2. The Kier molecular flexibility index (Phi) is 7.61. The Hall–Kier alpha value is -2.36. The highest BCUT2D eigenvalue weighted by Crippen LogP contribution is 2.34. The van der Waals surface area contributed by atoms with Gasteiger partial charge in [0, 0.05) is 22.9 Å². The Morgan fingerprint density at radius 1 is 1.21 bits per heavy atom. The van der Waals surface area contributed by atoms with Crippen molar-refractivity contribution in [3.63, 3.8) is 0 Å². The summed E-state index contributed by atoms with van der Waals surface area (Å²) in [6, 6.07) is 5.08. The zero-order valence-electron chi connectivity index (χ0n) is 17.7. The summed E-state index contributed by atoms with van der Waals surface area (Å²) in [5.74, 6) is 0.0566. The minimum absolute atomic E-state index is 0.0542. The molecule has 1 aromatic rings. The maximum atomic E-state index is 14.6. The minimum atomic E-state index is -0.361. The average molecular weight is 384 g/mol. The van der Waals surface area contributed by atoms with Crippen LogP contribution in [0.1, 0.15) is 64.0 Å². The maximum absolute atomic E-state index is 14.6. The average Bonchev–Trinajstić information content (AvgIpc) is 2.62. The monoisotopic (exact) mass is 383 g/mol. The fourth-order valence-corrected chi connectivity index (χ4v) is 3.95. The van der Waals surface area contributed by atoms with Gasteiger partial charge in [0.05, 0.1) is 11.4 Å². The van der Waals surface area contributed by atoms with Gasteiger partial charge in [-0.15, -0.1) is 0 Å². The summed E-state index contributed by atoms with van der Waals surface area (Å²) in [5.41, 5.74) is 16.9. The molecule has 0 radical (unpaired) electrons. The molecule has 0 bridgehead atoms. The first-order valence-corrected chi connectivity index (χ1v) is 10.2. The number of nitrogens with two attached hydrogens (primary N) is 2. The van der Waals surface area contributed by atoms with Gasteiger partial charge in [-0.1, -0.05) is 38.0 Å². The predicted molar refractivity (Wildman–Crippen MR) is 118 cm³/mol. The van der Waals surface area contributed by atoms with Gasteiger partial charge in [0.2, 0.25) is 0 Å². The van der Waals surface area contributed by atoms with Gasteiger partial charge in [-0.3, -0.25) is 4.99 Å². The molecule has 0 heterocycles. The number of rotatable bonds is 6. The van der Waals surface area contributed by atoms with Crippen molar-refractivity contribution in [2.75, 3.05) is 0 Å². The third-order valence-corrected chi connectivity index (χ3v) is 5.26. The van der Waals surface area contributed by atoms with E-state index in [1.54, 1.807) is 6.07 Å². The van der Waals surface area contributed by atoms with Gasteiger partial charge in [-0.05, 0) is 69.7 Å². The Morgan fingerprint density at radius 2 is 1.86 bits per heavy atom. The van der Waals surface area contributed by atoms with Crippen molar-refractivity contribution >= 4 is 11.4 Å². The van der Waals surface area contributed by atoms with Crippen LogP contribution in [-0.2, 0) is 0 Å². The van der Waals surface area contributed by atoms with Crippen molar-refractivity contribution in [2.45, 2.75) is 65.8 Å². The third-order valence-electron chi connectivity index (χ3n) is 5.26. The van der Waals surface area contributed by atoms with Crippen LogP contribution in [0.25, 0.3) is 5.70 Å². The van der Waals surface area contributed by atoms with Crippen LogP contribution in [-0.4, -0.2) is 11.8 Å². The fourth-order valence-electron chi connectivity index (χ4n) is 3.95. The van der Waals surface area contributed by atoms with Gasteiger partial charge < -0.3 is 11.5 Å². The van der Waals surface area contributed by atoms with Gasteiger partial charge in [-0.2, -0.15) is 0 Å². The topological polar surface area (TPSA) is 64.4 Å². The SMILES string of the molecule is C=C(N)/C(C(=NC(C)C)/C(=C\C)C1CCCCC1)=C(/N)c1ccc(C)cc1F. The Balaban J connectivity index is 2.67. The molecule has 0 spiro atoms. The number of nitrogens with zero attached hydrogens (tertiary/aromatic N) is 1. The summed E-state index contributed by atoms with van der Waals surface area (Å²) in [5, 5.41) is 0. The van der Waals surface area contributed by atoms with Gasteiger partial charge in [0.25, 0.3) is 0 Å². The van der Waals surface area contributed by atoms with Crippen molar-refractivity contribution in [1.82, 2.24) is 0 Å². The van der Waals surface area contributed by atoms with Crippen molar-refractivity contribution in [1.29, 1.82) is 0 Å². The van der Waals surface area contributed by atoms with Gasteiger partial charge >= 0.3 is 0 Å². The number of hydrogen-bond donors (Lipinski definition) is 2. The molecule has 0 amide bonds. The van der Waals surface area contributed by atoms with Crippen molar-refractivity contribution in [2.24, 2.45) is 22.4 Å². The zero-order valence-corrected chi connectivity index (χ0v) is 17.7. The molecule has 28 heavy (non-hydrogen) atoms. The van der Waals surface area contributed by atoms with E-state index in [1.165, 1.54) is 25.3 Å². The molecule has 0 aliphatic heterocycles. The first kappa shape index (κ1) is 21.9. The molecule has 0 unspecified atom stereocenters. The summed E-state index contributed by atoms with van der Waals surface area (Å²) in [7, 11) is 0. The minimum Gasteiger partial charge on any atom is -0.399 e. The molecule has 0 atom stereocenters. The van der Waals surface area contributed by atoms with Crippen LogP contribution in [0.15, 0.2) is 52.7 Å². The van der Waals surface area contributed by atoms with Crippen LogP contribution in [0.2, 0.25) is 0 Å². The van der Waals surface area contributed by atoms with E-state index in [4.69, 9.17) is 16.5 Å². The molecule has 1 aromatic carbocycles. The van der Waals surface area contributed by atoms with Gasteiger partial charge in [0.15, 0.2) is 0 Å². The lowest BCUT2D eigenvalue weighted by Gasteiger charge is -2.28. The van der Waals surface area contributed by atoms with Crippen LogP contribution in [0.4, 0.5) is 4.39 Å². The van der Waals surface area contributed by atoms with Crippen LogP contribution in [0.5, 0.6) is 0 Å². The number of hydrogen-bond acceptors (Lipinski definition) is 3. The summed E-state index contributed by atoms with van der Waals surface area (Å²) in [4.78, 5) is 4.89. The van der Waals surface area contributed by atoms with Crippen LogP contribution < -0.4 is 11.5 Å². The highest BCUT2D eigenvalue weighted by atomic mass is 19.1. The summed E-state index contributed by atoms with van der Waals surface area (Å²) in [6.45, 7) is 11.9. The first-order chi connectivity index (χ1) is 13.3. The standard InChI is InChI=1S/C24H34FN3/c1-6-19(18-10-8-7-9-11-18)24(28-15(2)3)22(17(5)26)23(27)20-13-12-16(4)14-21(20)25/h6,12-15,18H,5,7-11,26-27H2,1-4H3/b19-6-,23-22-,28-24?. The highest BCUT2D eigenvalue weighted by molar-refractivity contribution is 6.19. The molecule has 1 saturated carbocycles. The molecule has 1 aliphatic rings. The normalized spacial score (nSPS) is 17.6. The number of aliphatic imine (C=N–C) groups is 1. The molecular formula is C24H34FN3. The Labute approximate surface area is 169 Å². The van der Waals surface area contributed by atoms with E-state index < -0.39 is 0 Å². The van der Waals surface area contributed by atoms with E-state index in [0.717, 1.165) is 29.7 Å². The number of allylic oxidation sites excluding steroid dienone is 3. The molecule has 4 N–H and O–H groups in total. The molecule has 3 nitrogen and oxygen atoms in total. The molecule has 1 fully saturated rings. The van der Waals surface area contributed by atoms with E-state index in [0.29, 0.717) is 28.4 Å². The van der Waals surface area contributed by atoms with Crippen molar-refractivity contribution < 1.29 is 4.39 Å². The van der Waals surface area contributed by atoms with Gasteiger partial charge in [0.1, 0.15) is 5.82 Å². The van der Waals surface area contributed by atoms with E-state index >= 15 is 0 Å². The molecular weight excluding hydrogens is 349 g/mol. The quantitative estimate of drug-likeness (QED) is 0.492. The molecule has 4 heteroatoms. The summed E-state index contributed by atoms with van der Waals surface area (Å²) >= 11 is 0. The second kappa shape index (κ2) is 9.72. The van der Waals surface area contributed by atoms with E-state index in [2.05, 4.69) is 12.7 Å². The van der Waals surface area contributed by atoms with Crippen molar-refractivity contribution in [3.8, 4) is 0 Å². The predicted octanol–water partition coefficient (Wildman–Crippen LogP) is 5.65. The molecule has 0 aromatic heterocycles. The Morgan fingerprint density at radius 3 is 2.36 bits per heavy atom. The lowest BCUT2D eigenvalue weighted by Crippen LogP contribution is -2.24. The van der Waals surface area contributed by atoms with Crippen LogP contribution in [0.3, 0.4) is 0 Å².